The van der Waals surface area contributed by atoms with Crippen molar-refractivity contribution in [2.75, 3.05) is 31.1 Å². The van der Waals surface area contributed by atoms with Crippen LogP contribution in [-0.4, -0.2) is 51.9 Å². The first-order valence-corrected chi connectivity index (χ1v) is 8.15. The minimum atomic E-state index is -0.236. The van der Waals surface area contributed by atoms with Gasteiger partial charge in [0.05, 0.1) is 6.20 Å². The van der Waals surface area contributed by atoms with Crippen LogP contribution in [0.25, 0.3) is 10.8 Å². The predicted octanol–water partition coefficient (Wildman–Crippen LogP) is 1.28. The fraction of sp³-hybridized carbons (Fsp3) is 0.222. The number of nitrogens with one attached hydrogen (secondary N) is 1. The van der Waals surface area contributed by atoms with Crippen LogP contribution in [0.15, 0.2) is 53.7 Å². The number of rotatable bonds is 2. The molecule has 0 aliphatic carbocycles. The summed E-state index contributed by atoms with van der Waals surface area (Å²) in [6, 6.07) is 9.00. The number of nitrogens with zero attached hydrogens (tertiary/aromatic N) is 4. The van der Waals surface area contributed by atoms with Gasteiger partial charge in [0.25, 0.3) is 11.5 Å². The summed E-state index contributed by atoms with van der Waals surface area (Å²) in [6.45, 7) is 2.51. The first-order chi connectivity index (χ1) is 12.2. The van der Waals surface area contributed by atoms with Crippen LogP contribution in [0, 0.1) is 0 Å². The van der Waals surface area contributed by atoms with Crippen molar-refractivity contribution >= 4 is 22.5 Å². The third kappa shape index (κ3) is 2.96. The summed E-state index contributed by atoms with van der Waals surface area (Å²) >= 11 is 0. The van der Waals surface area contributed by atoms with Crippen LogP contribution in [0.5, 0.6) is 0 Å². The zero-order valence-corrected chi connectivity index (χ0v) is 13.6. The molecule has 1 fully saturated rings. The van der Waals surface area contributed by atoms with E-state index in [2.05, 4.69) is 19.9 Å². The molecule has 1 aliphatic rings. The number of hydrogen-bond donors (Lipinski definition) is 1. The Kier molecular flexibility index (Phi) is 3.89. The average molecular weight is 335 g/mol. The van der Waals surface area contributed by atoms with Crippen LogP contribution in [0.3, 0.4) is 0 Å². The number of carbonyl (C=O) groups is 1. The normalized spacial score (nSPS) is 14.7. The minimum Gasteiger partial charge on any atom is -0.352 e. The van der Waals surface area contributed by atoms with E-state index in [0.717, 1.165) is 11.2 Å². The molecule has 1 N–H and O–H groups in total. The van der Waals surface area contributed by atoms with Crippen molar-refractivity contribution in [3.8, 4) is 0 Å². The number of benzene rings is 1. The molecule has 7 nitrogen and oxygen atoms in total. The second kappa shape index (κ2) is 6.35. The lowest BCUT2D eigenvalue weighted by Gasteiger charge is -2.35. The number of H-pyrrole nitrogens is 1. The van der Waals surface area contributed by atoms with Crippen molar-refractivity contribution in [3.05, 3.63) is 65.0 Å². The maximum Gasteiger partial charge on any atom is 0.270 e. The number of carbonyl (C=O) groups excluding carboxylic acids is 1. The van der Waals surface area contributed by atoms with Crippen molar-refractivity contribution in [1.29, 1.82) is 0 Å². The summed E-state index contributed by atoms with van der Waals surface area (Å²) in [5, 5.41) is 1.36. The molecule has 1 saturated heterocycles. The lowest BCUT2D eigenvalue weighted by Crippen LogP contribution is -2.49. The lowest BCUT2D eigenvalue weighted by atomic mass is 10.1. The van der Waals surface area contributed by atoms with Crippen molar-refractivity contribution in [3.63, 3.8) is 0 Å². The summed E-state index contributed by atoms with van der Waals surface area (Å²) in [6.07, 6.45) is 5.02. The quantitative estimate of drug-likeness (QED) is 0.763. The van der Waals surface area contributed by atoms with E-state index in [0.29, 0.717) is 37.3 Å². The molecule has 0 radical (unpaired) electrons. The monoisotopic (exact) mass is 335 g/mol. The minimum absolute atomic E-state index is 0.151. The van der Waals surface area contributed by atoms with Gasteiger partial charge in [-0.2, -0.15) is 0 Å². The molecule has 126 valence electrons. The van der Waals surface area contributed by atoms with Crippen LogP contribution < -0.4 is 10.5 Å². The van der Waals surface area contributed by atoms with Crippen molar-refractivity contribution < 1.29 is 4.79 Å². The third-order valence-corrected chi connectivity index (χ3v) is 4.42. The lowest BCUT2D eigenvalue weighted by molar-refractivity contribution is 0.0740. The largest absolute Gasteiger partial charge is 0.352 e. The van der Waals surface area contributed by atoms with Crippen LogP contribution in [0.4, 0.5) is 5.82 Å². The summed E-state index contributed by atoms with van der Waals surface area (Å²) in [5.41, 5.74) is 0.0938. The molecule has 1 aliphatic heterocycles. The molecule has 7 heteroatoms. The van der Waals surface area contributed by atoms with Gasteiger partial charge in [0, 0.05) is 44.0 Å². The molecule has 0 bridgehead atoms. The Morgan fingerprint density at radius 1 is 1.08 bits per heavy atom. The van der Waals surface area contributed by atoms with Crippen molar-refractivity contribution in [2.45, 2.75) is 0 Å². The van der Waals surface area contributed by atoms with Crippen LogP contribution >= 0.6 is 0 Å². The van der Waals surface area contributed by atoms with Gasteiger partial charge in [-0.05, 0) is 17.5 Å². The molecule has 0 spiro atoms. The molecule has 25 heavy (non-hydrogen) atoms. The molecule has 0 saturated carbocycles. The van der Waals surface area contributed by atoms with Gasteiger partial charge in [-0.25, -0.2) is 4.98 Å². The standard InChI is InChI=1S/C18H17N5O2/c24-17-14-4-2-1-3-13(14)11-15(21-17)18(25)23-9-7-22(8-10-23)16-12-19-5-6-20-16/h1-6,11-12H,7-10H2,(H,21,24). The smallest absolute Gasteiger partial charge is 0.270 e. The molecular weight excluding hydrogens is 318 g/mol. The number of piperazine rings is 1. The summed E-state index contributed by atoms with van der Waals surface area (Å²) < 4.78 is 0. The number of fused-ring (bicyclic) bond motifs is 1. The Bertz CT molecular complexity index is 962. The Morgan fingerprint density at radius 3 is 2.64 bits per heavy atom. The van der Waals surface area contributed by atoms with E-state index >= 15 is 0 Å². The zero-order valence-electron chi connectivity index (χ0n) is 13.6. The van der Waals surface area contributed by atoms with Gasteiger partial charge in [-0.15, -0.1) is 0 Å². The summed E-state index contributed by atoms with van der Waals surface area (Å²) in [7, 11) is 0. The van der Waals surface area contributed by atoms with E-state index < -0.39 is 0 Å². The Labute approximate surface area is 143 Å². The Balaban J connectivity index is 1.52. The Hall–Kier alpha value is -3.22. The number of anilines is 1. The highest BCUT2D eigenvalue weighted by Gasteiger charge is 2.23. The van der Waals surface area contributed by atoms with Gasteiger partial charge in [0.15, 0.2) is 0 Å². The SMILES string of the molecule is O=C(c1cc2ccccc2c(=O)[nH]1)N1CCN(c2cnccn2)CC1. The fourth-order valence-electron chi connectivity index (χ4n) is 3.09. The van der Waals surface area contributed by atoms with Crippen LogP contribution in [-0.2, 0) is 0 Å². The summed E-state index contributed by atoms with van der Waals surface area (Å²) in [5.74, 6) is 0.662. The van der Waals surface area contributed by atoms with Gasteiger partial charge >= 0.3 is 0 Å². The highest BCUT2D eigenvalue weighted by Crippen LogP contribution is 2.15. The van der Waals surface area contributed by atoms with E-state index in [4.69, 9.17) is 0 Å². The number of amides is 1. The maximum atomic E-state index is 12.7. The topological polar surface area (TPSA) is 82.2 Å². The number of pyridine rings is 1. The van der Waals surface area contributed by atoms with Gasteiger partial charge in [-0.3, -0.25) is 14.6 Å². The molecule has 3 heterocycles. The van der Waals surface area contributed by atoms with Gasteiger partial charge in [-0.1, -0.05) is 18.2 Å². The molecule has 1 aromatic carbocycles. The molecule has 4 rings (SSSR count). The van der Waals surface area contributed by atoms with Crippen LogP contribution in [0.2, 0.25) is 0 Å². The number of hydrogen-bond acceptors (Lipinski definition) is 5. The average Bonchev–Trinajstić information content (AvgIpc) is 2.68. The molecule has 3 aromatic rings. The van der Waals surface area contributed by atoms with Gasteiger partial charge in [0.2, 0.25) is 0 Å². The highest BCUT2D eigenvalue weighted by atomic mass is 16.2. The maximum absolute atomic E-state index is 12.7. The van der Waals surface area contributed by atoms with Crippen molar-refractivity contribution in [2.24, 2.45) is 0 Å². The molecule has 1 amide bonds. The second-order valence-electron chi connectivity index (χ2n) is 5.94. The second-order valence-corrected chi connectivity index (χ2v) is 5.94. The molecule has 0 unspecified atom stereocenters. The van der Waals surface area contributed by atoms with Crippen molar-refractivity contribution in [1.82, 2.24) is 19.9 Å². The van der Waals surface area contributed by atoms with Gasteiger partial charge < -0.3 is 14.8 Å². The van der Waals surface area contributed by atoms with E-state index in [-0.39, 0.29) is 11.5 Å². The first-order valence-electron chi connectivity index (χ1n) is 8.15. The van der Waals surface area contributed by atoms with E-state index in [1.807, 2.05) is 18.2 Å². The Morgan fingerprint density at radius 2 is 1.88 bits per heavy atom. The summed E-state index contributed by atoms with van der Waals surface area (Å²) in [4.78, 5) is 39.8. The van der Waals surface area contributed by atoms with E-state index in [1.165, 1.54) is 0 Å². The van der Waals surface area contributed by atoms with E-state index in [9.17, 15) is 9.59 Å². The van der Waals surface area contributed by atoms with Crippen LogP contribution in [0.1, 0.15) is 10.5 Å². The highest BCUT2D eigenvalue weighted by molar-refractivity contribution is 5.96. The van der Waals surface area contributed by atoms with Gasteiger partial charge in [0.1, 0.15) is 11.5 Å². The zero-order chi connectivity index (χ0) is 17.2. The fourth-order valence-corrected chi connectivity index (χ4v) is 3.09. The van der Waals surface area contributed by atoms with E-state index in [1.54, 1.807) is 35.6 Å². The number of aromatic amines is 1. The predicted molar refractivity (Wildman–Crippen MR) is 94.7 cm³/mol. The number of aromatic nitrogens is 3. The molecular formula is C18H17N5O2. The molecule has 0 atom stereocenters. The first kappa shape index (κ1) is 15.3. The molecule has 2 aromatic heterocycles. The third-order valence-electron chi connectivity index (χ3n) is 4.42.